The molecule has 1 aromatic carbocycles. The first-order valence-electron chi connectivity index (χ1n) is 16.9. The van der Waals surface area contributed by atoms with Crippen LogP contribution in [0.25, 0.3) is 0 Å². The van der Waals surface area contributed by atoms with Crippen molar-refractivity contribution in [1.29, 1.82) is 0 Å². The quantitative estimate of drug-likeness (QED) is 0.102. The molecule has 1 fully saturated rings. The molecule has 256 valence electrons. The first kappa shape index (κ1) is 35.8. The molecule has 0 radical (unpaired) electrons. The number of aliphatic hydroxyl groups is 2. The number of nitrogens with one attached hydrogen (secondary N) is 3. The summed E-state index contributed by atoms with van der Waals surface area (Å²) < 4.78 is 12.5. The Bertz CT molecular complexity index is 1280. The molecule has 0 amide bonds. The highest BCUT2D eigenvalue weighted by Crippen LogP contribution is 2.40. The average molecular weight is 642 g/mol. The monoisotopic (exact) mass is 641 g/mol. The number of hydrogen-bond donors (Lipinski definition) is 7. The van der Waals surface area contributed by atoms with Gasteiger partial charge >= 0.3 is 5.97 Å². The number of aromatic hydroxyl groups is 1. The number of aliphatic hydroxyl groups excluding tert-OH is 2. The Balaban J connectivity index is 1.87. The van der Waals surface area contributed by atoms with Gasteiger partial charge in [0.2, 0.25) is 0 Å². The maximum absolute atomic E-state index is 12.5. The van der Waals surface area contributed by atoms with E-state index in [1.807, 2.05) is 13.1 Å². The molecule has 8 N–H and O–H groups in total. The summed E-state index contributed by atoms with van der Waals surface area (Å²) in [4.78, 5) is 16.6. The van der Waals surface area contributed by atoms with E-state index in [1.165, 1.54) is 6.92 Å². The molecular weight excluding hydrogens is 586 g/mol. The van der Waals surface area contributed by atoms with Gasteiger partial charge < -0.3 is 46.5 Å². The van der Waals surface area contributed by atoms with E-state index in [-0.39, 0.29) is 42.3 Å². The lowest BCUT2D eigenvalue weighted by molar-refractivity contribution is -0.152. The fourth-order valence-corrected chi connectivity index (χ4v) is 7.59. The zero-order chi connectivity index (χ0) is 33.3. The number of nitrogens with two attached hydrogens (primary N) is 1. The number of rotatable bonds is 7. The van der Waals surface area contributed by atoms with Crippen molar-refractivity contribution in [2.45, 2.75) is 109 Å². The van der Waals surface area contributed by atoms with Gasteiger partial charge in [0.15, 0.2) is 17.5 Å². The van der Waals surface area contributed by atoms with Gasteiger partial charge in [-0.05, 0) is 81.8 Å². The highest BCUT2D eigenvalue weighted by molar-refractivity contribution is 5.77. The van der Waals surface area contributed by atoms with E-state index in [1.54, 1.807) is 13.1 Å². The number of piperidine rings is 1. The summed E-state index contributed by atoms with van der Waals surface area (Å²) in [5.41, 5.74) is 6.76. The minimum absolute atomic E-state index is 0.00945. The third-order valence-electron chi connectivity index (χ3n) is 10.3. The number of nitrogens with zero attached hydrogens (tertiary/aromatic N) is 1. The van der Waals surface area contributed by atoms with Crippen LogP contribution in [0.5, 0.6) is 11.5 Å². The van der Waals surface area contributed by atoms with Crippen LogP contribution in [0.3, 0.4) is 0 Å². The molecule has 1 aromatic rings. The molecule has 1 saturated heterocycles. The van der Waals surface area contributed by atoms with Gasteiger partial charge in [-0.15, -0.1) is 0 Å². The molecule has 11 nitrogen and oxygen atoms in total. The van der Waals surface area contributed by atoms with Crippen molar-refractivity contribution in [2.24, 2.45) is 28.0 Å². The summed E-state index contributed by atoms with van der Waals surface area (Å²) in [7, 11) is 3.60. The molecule has 4 rings (SSSR count). The van der Waals surface area contributed by atoms with E-state index in [0.29, 0.717) is 43.1 Å². The van der Waals surface area contributed by atoms with Gasteiger partial charge in [-0.3, -0.25) is 9.79 Å². The van der Waals surface area contributed by atoms with E-state index in [0.717, 1.165) is 57.2 Å². The Hall–Kier alpha value is -3.04. The molecule has 46 heavy (non-hydrogen) atoms. The van der Waals surface area contributed by atoms with E-state index >= 15 is 0 Å². The molecule has 2 aliphatic heterocycles. The van der Waals surface area contributed by atoms with Crippen molar-refractivity contribution in [2.75, 3.05) is 33.7 Å². The molecule has 3 aliphatic rings. The van der Waals surface area contributed by atoms with Crippen LogP contribution in [0.2, 0.25) is 0 Å². The van der Waals surface area contributed by atoms with Crippen LogP contribution in [-0.2, 0) is 22.6 Å². The van der Waals surface area contributed by atoms with Crippen molar-refractivity contribution < 1.29 is 29.6 Å². The van der Waals surface area contributed by atoms with Gasteiger partial charge in [0.1, 0.15) is 12.2 Å². The Labute approximate surface area is 274 Å². The van der Waals surface area contributed by atoms with Gasteiger partial charge in [0, 0.05) is 62.7 Å². The summed E-state index contributed by atoms with van der Waals surface area (Å²) >= 11 is 0. The van der Waals surface area contributed by atoms with Crippen LogP contribution < -0.4 is 26.4 Å². The van der Waals surface area contributed by atoms with Crippen LogP contribution >= 0.6 is 0 Å². The number of guanidine groups is 1. The second kappa shape index (κ2) is 16.2. The van der Waals surface area contributed by atoms with Gasteiger partial charge in [-0.25, -0.2) is 0 Å². The average Bonchev–Trinajstić information content (AvgIpc) is 3.03. The summed E-state index contributed by atoms with van der Waals surface area (Å²) in [6.07, 6.45) is 5.29. The molecule has 0 aromatic heterocycles. The lowest BCUT2D eigenvalue weighted by atomic mass is 9.73. The number of aliphatic imine (C=N–C) groups is 1. The van der Waals surface area contributed by atoms with E-state index in [4.69, 9.17) is 15.2 Å². The van der Waals surface area contributed by atoms with Gasteiger partial charge in [-0.1, -0.05) is 25.2 Å². The lowest BCUT2D eigenvalue weighted by Gasteiger charge is -2.42. The molecule has 0 spiro atoms. The van der Waals surface area contributed by atoms with Crippen LogP contribution in [-0.4, -0.2) is 84.8 Å². The predicted molar refractivity (Wildman–Crippen MR) is 178 cm³/mol. The van der Waals surface area contributed by atoms with Crippen molar-refractivity contribution in [3.63, 3.8) is 0 Å². The van der Waals surface area contributed by atoms with E-state index < -0.39 is 23.6 Å². The highest BCUT2D eigenvalue weighted by atomic mass is 16.5. The number of benzene rings is 1. The van der Waals surface area contributed by atoms with Crippen molar-refractivity contribution in [1.82, 2.24) is 16.0 Å². The molecule has 0 saturated carbocycles. The zero-order valence-electron chi connectivity index (χ0n) is 28.0. The largest absolute Gasteiger partial charge is 0.504 e. The Kier molecular flexibility index (Phi) is 12.6. The number of phenols is 1. The summed E-state index contributed by atoms with van der Waals surface area (Å²) in [5.74, 6) is 7.19. The first-order chi connectivity index (χ1) is 22.0. The summed E-state index contributed by atoms with van der Waals surface area (Å²) in [5, 5.41) is 43.1. The minimum atomic E-state index is -0.712. The smallest absolute Gasteiger partial charge is 0.302 e. The molecule has 2 heterocycles. The molecule has 11 heteroatoms. The second-order valence-corrected chi connectivity index (χ2v) is 13.5. The van der Waals surface area contributed by atoms with E-state index in [2.05, 4.69) is 39.7 Å². The van der Waals surface area contributed by atoms with Crippen molar-refractivity contribution in [3.8, 4) is 23.3 Å². The van der Waals surface area contributed by atoms with Gasteiger partial charge in [-0.2, -0.15) is 0 Å². The molecule has 7 atom stereocenters. The predicted octanol–water partition coefficient (Wildman–Crippen LogP) is 2.34. The van der Waals surface area contributed by atoms with Crippen LogP contribution in [0.15, 0.2) is 17.1 Å². The number of hydrogen-bond acceptors (Lipinski definition) is 9. The number of likely N-dealkylation sites (N-methyl/N-ethyl adjacent to an activating group) is 1. The highest BCUT2D eigenvalue weighted by Gasteiger charge is 2.40. The fraction of sp³-hybridized carbons (Fsp3) is 0.714. The molecular formula is C35H55N5O6. The van der Waals surface area contributed by atoms with Crippen molar-refractivity contribution in [3.05, 3.63) is 23.3 Å². The maximum atomic E-state index is 12.5. The Morgan fingerprint density at radius 2 is 2.07 bits per heavy atom. The van der Waals surface area contributed by atoms with Crippen LogP contribution in [0, 0.1) is 29.1 Å². The summed E-state index contributed by atoms with van der Waals surface area (Å²) in [6, 6.07) is 3.41. The molecule has 7 unspecified atom stereocenters. The molecule has 1 aliphatic carbocycles. The van der Waals surface area contributed by atoms with Crippen LogP contribution in [0.1, 0.15) is 82.8 Å². The number of esters is 1. The number of phenolic OH excluding ortho intramolecular Hbond substituents is 1. The number of ether oxygens (including phenoxy) is 2. The van der Waals surface area contributed by atoms with Gasteiger partial charge in [0.05, 0.1) is 12.7 Å². The third kappa shape index (κ3) is 9.06. The normalized spacial score (nSPS) is 32.1. The minimum Gasteiger partial charge on any atom is -0.504 e. The number of carbonyl (C=O) groups excluding carboxylic acids is 1. The first-order valence-corrected chi connectivity index (χ1v) is 16.9. The summed E-state index contributed by atoms with van der Waals surface area (Å²) in [6.45, 7) is 5.30. The van der Waals surface area contributed by atoms with Crippen molar-refractivity contribution >= 4 is 11.9 Å². The third-order valence-corrected chi connectivity index (χ3v) is 10.3. The topological polar surface area (TPSA) is 171 Å². The Morgan fingerprint density at radius 1 is 1.26 bits per heavy atom. The SMILES string of the molecule is CCC1(CNC(N)=NC)C#CC2CCCC3(CNC)CC(CCN3)Oc3cc(c(CO)cc3O)CC2C(OC(C)=O)CC(O)CC1. The zero-order valence-corrected chi connectivity index (χ0v) is 28.0. The fourth-order valence-electron chi connectivity index (χ4n) is 7.59. The Morgan fingerprint density at radius 3 is 2.76 bits per heavy atom. The van der Waals surface area contributed by atoms with Gasteiger partial charge in [0.25, 0.3) is 0 Å². The van der Waals surface area contributed by atoms with E-state index in [9.17, 15) is 20.1 Å². The number of carbonyl (C=O) groups is 1. The number of fused-ring (bicyclic) bond motifs is 5. The standard InChI is InChI=1S/C35H55N5O6/c1-5-34(21-39-33(36)38-4)12-8-24-7-6-11-35(22-37-3)19-28(10-14-40-35)46-32-17-25(26(20-41)16-30(32)44)15-29(24)31(45-23(2)42)18-27(43)9-13-34/h16-17,24,27-29,31,37,40-41,43-44H,5-7,9-11,13-15,18-22H2,1-4H3,(H3,36,38,39). The van der Waals surface area contributed by atoms with Crippen LogP contribution in [0.4, 0.5) is 0 Å². The lowest BCUT2D eigenvalue weighted by Crippen LogP contribution is -2.58. The maximum Gasteiger partial charge on any atom is 0.302 e. The second-order valence-electron chi connectivity index (χ2n) is 13.5. The molecule has 4 bridgehead atoms.